The fourth-order valence-electron chi connectivity index (χ4n) is 6.63. The molecule has 2 aromatic heterocycles. The Kier molecular flexibility index (Phi) is 11.6. The average Bonchev–Trinajstić information content (AvgIpc) is 3.77. The summed E-state index contributed by atoms with van der Waals surface area (Å²) < 4.78 is 5.44. The standard InChI is InChI=1S/C44H40N4O5S2/c1-3-53-44(52)38-34-22-21-27(2)23-37(34)55-43(38)48-42(51)39(28-13-6-4-7-14-28)54-32-18-12-17-31(25-32)46-41(50)36(47-40(49)29-15-8-5-9-16-29)24-30-26-45-35-20-11-10-19-33(30)35/h4-20,24-27,39,45H,3,21-23H2,1-2H3,(H,46,50)(H,47,49)(H,48,51)/b36-24-. The maximum atomic E-state index is 14.2. The van der Waals surface area contributed by atoms with Gasteiger partial charge in [0.25, 0.3) is 11.8 Å². The summed E-state index contributed by atoms with van der Waals surface area (Å²) in [6.45, 7) is 4.21. The summed E-state index contributed by atoms with van der Waals surface area (Å²) in [5, 5.41) is 9.58. The first-order valence-electron chi connectivity index (χ1n) is 18.2. The lowest BCUT2D eigenvalue weighted by molar-refractivity contribution is -0.116. The van der Waals surface area contributed by atoms with E-state index in [-0.39, 0.29) is 18.2 Å². The molecule has 4 N–H and O–H groups in total. The third-order valence-corrected chi connectivity index (χ3v) is 11.8. The van der Waals surface area contributed by atoms with Crippen LogP contribution in [0, 0.1) is 5.92 Å². The molecule has 0 bridgehead atoms. The molecule has 0 aliphatic heterocycles. The Hall–Kier alpha value is -5.91. The number of fused-ring (bicyclic) bond motifs is 2. The zero-order valence-electron chi connectivity index (χ0n) is 30.4. The molecule has 1 aliphatic rings. The topological polar surface area (TPSA) is 129 Å². The number of aromatic amines is 1. The van der Waals surface area contributed by atoms with Crippen LogP contribution in [0.5, 0.6) is 0 Å². The number of benzene rings is 4. The van der Waals surface area contributed by atoms with Crippen LogP contribution in [0.15, 0.2) is 126 Å². The number of para-hydroxylation sites is 1. The van der Waals surface area contributed by atoms with Crippen LogP contribution in [-0.4, -0.2) is 35.3 Å². The van der Waals surface area contributed by atoms with Gasteiger partial charge < -0.3 is 25.7 Å². The minimum atomic E-state index is -0.692. The van der Waals surface area contributed by atoms with E-state index in [0.717, 1.165) is 56.6 Å². The number of carbonyl (C=O) groups is 4. The second-order valence-corrected chi connectivity index (χ2v) is 15.6. The minimum Gasteiger partial charge on any atom is -0.462 e. The highest BCUT2D eigenvalue weighted by molar-refractivity contribution is 8.00. The van der Waals surface area contributed by atoms with Gasteiger partial charge in [-0.25, -0.2) is 4.79 Å². The molecule has 2 heterocycles. The lowest BCUT2D eigenvalue weighted by atomic mass is 9.88. The normalized spacial score (nSPS) is 14.4. The zero-order valence-corrected chi connectivity index (χ0v) is 32.0. The number of hydrogen-bond acceptors (Lipinski definition) is 7. The van der Waals surface area contributed by atoms with Crippen LogP contribution in [0.1, 0.15) is 67.8 Å². The summed E-state index contributed by atoms with van der Waals surface area (Å²) >= 11 is 2.78. The van der Waals surface area contributed by atoms with Gasteiger partial charge in [0.2, 0.25) is 5.91 Å². The van der Waals surface area contributed by atoms with Crippen molar-refractivity contribution in [2.45, 2.75) is 43.3 Å². The van der Waals surface area contributed by atoms with Crippen molar-refractivity contribution in [3.8, 4) is 0 Å². The van der Waals surface area contributed by atoms with Gasteiger partial charge in [0.1, 0.15) is 15.9 Å². The number of H-pyrrole nitrogens is 1. The van der Waals surface area contributed by atoms with E-state index < -0.39 is 23.0 Å². The number of ether oxygens (including phenoxy) is 1. The molecule has 0 saturated carbocycles. The number of hydrogen-bond donors (Lipinski definition) is 4. The molecule has 9 nitrogen and oxygen atoms in total. The number of thioether (sulfide) groups is 1. The number of carbonyl (C=O) groups excluding carboxylic acids is 4. The van der Waals surface area contributed by atoms with Gasteiger partial charge in [-0.1, -0.05) is 79.7 Å². The number of rotatable bonds is 12. The maximum Gasteiger partial charge on any atom is 0.341 e. The molecule has 3 amide bonds. The Balaban J connectivity index is 1.15. The van der Waals surface area contributed by atoms with Crippen molar-refractivity contribution >= 4 is 74.5 Å². The Bertz CT molecular complexity index is 2390. The molecule has 0 radical (unpaired) electrons. The highest BCUT2D eigenvalue weighted by Crippen LogP contribution is 2.42. The third-order valence-electron chi connectivity index (χ3n) is 9.36. The molecule has 7 rings (SSSR count). The van der Waals surface area contributed by atoms with Crippen molar-refractivity contribution in [2.24, 2.45) is 5.92 Å². The molecule has 55 heavy (non-hydrogen) atoms. The molecule has 2 unspecified atom stereocenters. The molecular formula is C44H40N4O5S2. The minimum absolute atomic E-state index is 0.0589. The maximum absolute atomic E-state index is 14.2. The summed E-state index contributed by atoms with van der Waals surface area (Å²) in [5.41, 5.74) is 4.79. The monoisotopic (exact) mass is 768 g/mol. The van der Waals surface area contributed by atoms with Crippen molar-refractivity contribution in [1.82, 2.24) is 10.3 Å². The number of esters is 1. The molecule has 1 aliphatic carbocycles. The highest BCUT2D eigenvalue weighted by Gasteiger charge is 2.31. The fraction of sp³-hybridized carbons (Fsp3) is 0.182. The summed E-state index contributed by atoms with van der Waals surface area (Å²) in [6, 6.07) is 33.1. The van der Waals surface area contributed by atoms with Crippen LogP contribution in [0.25, 0.3) is 17.0 Å². The van der Waals surface area contributed by atoms with Crippen molar-refractivity contribution in [2.75, 3.05) is 17.2 Å². The molecule has 2 atom stereocenters. The van der Waals surface area contributed by atoms with E-state index >= 15 is 0 Å². The second kappa shape index (κ2) is 17.0. The van der Waals surface area contributed by atoms with E-state index in [0.29, 0.717) is 27.7 Å². The second-order valence-electron chi connectivity index (χ2n) is 13.3. The Morgan fingerprint density at radius 2 is 1.67 bits per heavy atom. The lowest BCUT2D eigenvalue weighted by Crippen LogP contribution is -2.30. The van der Waals surface area contributed by atoms with E-state index in [1.165, 1.54) is 23.1 Å². The van der Waals surface area contributed by atoms with E-state index in [9.17, 15) is 19.2 Å². The number of thiophene rings is 1. The molecule has 278 valence electrons. The van der Waals surface area contributed by atoms with Crippen LogP contribution in [-0.2, 0) is 27.2 Å². The quantitative estimate of drug-likeness (QED) is 0.0558. The average molecular weight is 769 g/mol. The van der Waals surface area contributed by atoms with Gasteiger partial charge in [-0.05, 0) is 85.7 Å². The smallest absolute Gasteiger partial charge is 0.341 e. The molecule has 6 aromatic rings. The number of anilines is 2. The van der Waals surface area contributed by atoms with Gasteiger partial charge in [-0.2, -0.15) is 0 Å². The molecular weight excluding hydrogens is 729 g/mol. The fourth-order valence-corrected chi connectivity index (χ4v) is 9.11. The number of nitrogens with one attached hydrogen (secondary N) is 4. The zero-order chi connectivity index (χ0) is 38.3. The van der Waals surface area contributed by atoms with Gasteiger partial charge in [0.15, 0.2) is 0 Å². The summed E-state index contributed by atoms with van der Waals surface area (Å²) in [6.07, 6.45) is 6.03. The molecule has 0 saturated heterocycles. The number of amides is 3. The van der Waals surface area contributed by atoms with Crippen molar-refractivity contribution in [3.05, 3.63) is 154 Å². The first-order valence-corrected chi connectivity index (χ1v) is 19.9. The van der Waals surface area contributed by atoms with E-state index in [1.54, 1.807) is 61.7 Å². The summed E-state index contributed by atoms with van der Waals surface area (Å²) in [5.74, 6) is -1.15. The van der Waals surface area contributed by atoms with Crippen LogP contribution < -0.4 is 16.0 Å². The van der Waals surface area contributed by atoms with E-state index in [1.807, 2.05) is 66.7 Å². The number of aromatic nitrogens is 1. The van der Waals surface area contributed by atoms with Gasteiger partial charge in [0.05, 0.1) is 12.2 Å². The van der Waals surface area contributed by atoms with Crippen LogP contribution in [0.2, 0.25) is 0 Å². The largest absolute Gasteiger partial charge is 0.462 e. The van der Waals surface area contributed by atoms with Gasteiger partial charge in [-0.3, -0.25) is 14.4 Å². The Labute approximate surface area is 327 Å². The molecule has 0 spiro atoms. The predicted molar refractivity (Wildman–Crippen MR) is 220 cm³/mol. The van der Waals surface area contributed by atoms with Crippen LogP contribution in [0.4, 0.5) is 10.7 Å². The summed E-state index contributed by atoms with van der Waals surface area (Å²) in [4.78, 5) is 59.7. The Morgan fingerprint density at radius 1 is 0.927 bits per heavy atom. The lowest BCUT2D eigenvalue weighted by Gasteiger charge is -2.19. The first-order chi connectivity index (χ1) is 26.8. The molecule has 11 heteroatoms. The van der Waals surface area contributed by atoms with Crippen molar-refractivity contribution in [3.63, 3.8) is 0 Å². The van der Waals surface area contributed by atoms with Crippen LogP contribution in [0.3, 0.4) is 0 Å². The van der Waals surface area contributed by atoms with Crippen molar-refractivity contribution < 1.29 is 23.9 Å². The summed E-state index contributed by atoms with van der Waals surface area (Å²) in [7, 11) is 0. The Morgan fingerprint density at radius 3 is 2.45 bits per heavy atom. The third kappa shape index (κ3) is 8.74. The SMILES string of the molecule is CCOC(=O)c1c(NC(=O)C(Sc2cccc(NC(=O)/C(=C/c3c[nH]c4ccccc34)NC(=O)c3ccccc3)c2)c2ccccc2)sc2c1CCC(C)C2. The van der Waals surface area contributed by atoms with Gasteiger partial charge in [-0.15, -0.1) is 23.1 Å². The van der Waals surface area contributed by atoms with Gasteiger partial charge >= 0.3 is 5.97 Å². The molecule has 4 aromatic carbocycles. The predicted octanol–water partition coefficient (Wildman–Crippen LogP) is 9.41. The van der Waals surface area contributed by atoms with E-state index in [2.05, 4.69) is 27.9 Å². The van der Waals surface area contributed by atoms with E-state index in [4.69, 9.17) is 4.74 Å². The molecule has 0 fully saturated rings. The first kappa shape index (κ1) is 37.4. The van der Waals surface area contributed by atoms with Crippen LogP contribution >= 0.6 is 23.1 Å². The van der Waals surface area contributed by atoms with Crippen molar-refractivity contribution in [1.29, 1.82) is 0 Å². The van der Waals surface area contributed by atoms with Gasteiger partial charge in [0, 0.05) is 43.7 Å². The highest BCUT2D eigenvalue weighted by atomic mass is 32.2.